The Morgan fingerprint density at radius 2 is 2.19 bits per heavy atom. The summed E-state index contributed by atoms with van der Waals surface area (Å²) in [5.74, 6) is 0. The van der Waals surface area contributed by atoms with Crippen molar-refractivity contribution < 1.29 is 4.42 Å². The number of nitrogens with zero attached hydrogens (tertiary/aromatic N) is 1. The summed E-state index contributed by atoms with van der Waals surface area (Å²) in [7, 11) is 0. The van der Waals surface area contributed by atoms with Crippen molar-refractivity contribution in [3.05, 3.63) is 59.0 Å². The van der Waals surface area contributed by atoms with E-state index >= 15 is 0 Å². The third-order valence-corrected chi connectivity index (χ3v) is 2.17. The number of para-hydroxylation sites is 1. The second-order valence-corrected chi connectivity index (χ2v) is 3.30. The monoisotopic (exact) mass is 213 g/mol. The van der Waals surface area contributed by atoms with Crippen LogP contribution in [0, 0.1) is 0 Å². The van der Waals surface area contributed by atoms with Crippen LogP contribution in [0.25, 0.3) is 11.0 Å². The molecule has 2 aromatic rings. The van der Waals surface area contributed by atoms with Crippen molar-refractivity contribution in [1.29, 1.82) is 0 Å². The van der Waals surface area contributed by atoms with Crippen molar-refractivity contribution >= 4 is 17.2 Å². The minimum Gasteiger partial charge on any atom is -0.463 e. The zero-order valence-corrected chi connectivity index (χ0v) is 8.72. The maximum Gasteiger partial charge on any atom is 0.201 e. The van der Waals surface area contributed by atoms with Crippen molar-refractivity contribution in [2.24, 2.45) is 4.99 Å². The van der Waals surface area contributed by atoms with Crippen LogP contribution in [0.4, 0.5) is 0 Å². The Kier molecular flexibility index (Phi) is 2.96. The van der Waals surface area contributed by atoms with Crippen molar-refractivity contribution in [2.75, 3.05) is 6.54 Å². The lowest BCUT2D eigenvalue weighted by atomic mass is 10.2. The van der Waals surface area contributed by atoms with Crippen LogP contribution in [0.1, 0.15) is 5.56 Å². The molecule has 1 aromatic heterocycles. The van der Waals surface area contributed by atoms with E-state index in [4.69, 9.17) is 4.42 Å². The summed E-state index contributed by atoms with van der Waals surface area (Å²) in [5, 5.41) is 0.574. The van der Waals surface area contributed by atoms with E-state index in [0.717, 1.165) is 0 Å². The Balaban J connectivity index is 2.52. The third-order valence-electron chi connectivity index (χ3n) is 2.17. The van der Waals surface area contributed by atoms with Crippen molar-refractivity contribution in [3.8, 4) is 0 Å². The summed E-state index contributed by atoms with van der Waals surface area (Å²) >= 11 is 0. The fraction of sp³-hybridized carbons (Fsp3) is 0.0769. The van der Waals surface area contributed by atoms with E-state index in [9.17, 15) is 4.79 Å². The number of fused-ring (bicyclic) bond motifs is 1. The first kappa shape index (κ1) is 10.4. The minimum absolute atomic E-state index is 0.0605. The molecule has 0 saturated heterocycles. The maximum absolute atomic E-state index is 11.9. The second-order valence-electron chi connectivity index (χ2n) is 3.30. The summed E-state index contributed by atoms with van der Waals surface area (Å²) in [4.78, 5) is 16.0. The van der Waals surface area contributed by atoms with Gasteiger partial charge in [0.2, 0.25) is 5.43 Å². The topological polar surface area (TPSA) is 42.6 Å². The van der Waals surface area contributed by atoms with E-state index in [1.165, 1.54) is 12.5 Å². The molecule has 3 nitrogen and oxygen atoms in total. The molecule has 0 atom stereocenters. The number of rotatable bonds is 3. The predicted molar refractivity (Wildman–Crippen MR) is 65.1 cm³/mol. The number of benzene rings is 1. The quantitative estimate of drug-likeness (QED) is 0.580. The van der Waals surface area contributed by atoms with E-state index in [1.54, 1.807) is 18.2 Å². The van der Waals surface area contributed by atoms with Crippen LogP contribution < -0.4 is 5.43 Å². The maximum atomic E-state index is 11.9. The first-order valence-corrected chi connectivity index (χ1v) is 4.94. The summed E-state index contributed by atoms with van der Waals surface area (Å²) < 4.78 is 5.34. The highest BCUT2D eigenvalue weighted by Crippen LogP contribution is 2.09. The zero-order valence-electron chi connectivity index (χ0n) is 8.72. The molecule has 1 aromatic carbocycles. The summed E-state index contributed by atoms with van der Waals surface area (Å²) in [6.07, 6.45) is 4.61. The highest BCUT2D eigenvalue weighted by molar-refractivity contribution is 5.86. The van der Waals surface area contributed by atoms with Gasteiger partial charge in [0.1, 0.15) is 11.8 Å². The Hall–Kier alpha value is -2.16. The molecule has 0 aliphatic rings. The molecule has 16 heavy (non-hydrogen) atoms. The molecule has 2 rings (SSSR count). The average molecular weight is 213 g/mol. The molecular weight excluding hydrogens is 202 g/mol. The molecule has 0 fully saturated rings. The minimum atomic E-state index is -0.0605. The predicted octanol–water partition coefficient (Wildman–Crippen LogP) is 2.40. The molecule has 0 aliphatic carbocycles. The first-order valence-electron chi connectivity index (χ1n) is 4.94. The highest BCUT2D eigenvalue weighted by Gasteiger charge is 2.03. The van der Waals surface area contributed by atoms with Gasteiger partial charge in [-0.05, 0) is 12.1 Å². The fourth-order valence-corrected chi connectivity index (χ4v) is 1.41. The molecule has 0 amide bonds. The summed E-state index contributed by atoms with van der Waals surface area (Å²) in [6.45, 7) is 4.04. The number of aliphatic imine (C=N–C) groups is 1. The zero-order chi connectivity index (χ0) is 11.4. The standard InChI is InChI=1S/C13H11NO2/c1-2-7-14-8-10-9-16-12-6-4-3-5-11(12)13(10)15/h2-6,8-9H,1,7H2. The van der Waals surface area contributed by atoms with Gasteiger partial charge in [-0.25, -0.2) is 0 Å². The van der Waals surface area contributed by atoms with Gasteiger partial charge in [-0.3, -0.25) is 9.79 Å². The van der Waals surface area contributed by atoms with Gasteiger partial charge < -0.3 is 4.42 Å². The molecular formula is C13H11NO2. The van der Waals surface area contributed by atoms with Gasteiger partial charge in [0, 0.05) is 6.21 Å². The Bertz CT molecular complexity index is 596. The van der Waals surface area contributed by atoms with Crippen LogP contribution in [0.15, 0.2) is 57.4 Å². The molecule has 0 bridgehead atoms. The summed E-state index contributed by atoms with van der Waals surface area (Å²) in [5.41, 5.74) is 0.989. The molecule has 0 unspecified atom stereocenters. The van der Waals surface area contributed by atoms with E-state index < -0.39 is 0 Å². The van der Waals surface area contributed by atoms with Gasteiger partial charge >= 0.3 is 0 Å². The lowest BCUT2D eigenvalue weighted by Gasteiger charge is -1.96. The molecule has 3 heteroatoms. The van der Waals surface area contributed by atoms with E-state index in [1.807, 2.05) is 12.1 Å². The largest absolute Gasteiger partial charge is 0.463 e. The van der Waals surface area contributed by atoms with Crippen LogP contribution in [0.2, 0.25) is 0 Å². The van der Waals surface area contributed by atoms with Crippen LogP contribution >= 0.6 is 0 Å². The smallest absolute Gasteiger partial charge is 0.201 e. The first-order chi connectivity index (χ1) is 7.83. The fourth-order valence-electron chi connectivity index (χ4n) is 1.41. The Labute approximate surface area is 92.7 Å². The van der Waals surface area contributed by atoms with Crippen LogP contribution in [-0.2, 0) is 0 Å². The average Bonchev–Trinajstić information content (AvgIpc) is 2.33. The lowest BCUT2D eigenvalue weighted by molar-refractivity contribution is 0.601. The van der Waals surface area contributed by atoms with Crippen LogP contribution in [0.3, 0.4) is 0 Å². The molecule has 0 N–H and O–H groups in total. The molecule has 80 valence electrons. The van der Waals surface area contributed by atoms with Gasteiger partial charge in [0.15, 0.2) is 0 Å². The second kappa shape index (κ2) is 4.57. The normalized spacial score (nSPS) is 11.0. The molecule has 0 saturated carbocycles. The molecule has 1 heterocycles. The van der Waals surface area contributed by atoms with E-state index in [0.29, 0.717) is 23.1 Å². The van der Waals surface area contributed by atoms with E-state index in [-0.39, 0.29) is 5.43 Å². The van der Waals surface area contributed by atoms with Crippen LogP contribution in [-0.4, -0.2) is 12.8 Å². The van der Waals surface area contributed by atoms with E-state index in [2.05, 4.69) is 11.6 Å². The van der Waals surface area contributed by atoms with Crippen LogP contribution in [0.5, 0.6) is 0 Å². The van der Waals surface area contributed by atoms with Gasteiger partial charge in [-0.15, -0.1) is 6.58 Å². The highest BCUT2D eigenvalue weighted by atomic mass is 16.3. The van der Waals surface area contributed by atoms with Gasteiger partial charge in [-0.2, -0.15) is 0 Å². The van der Waals surface area contributed by atoms with Crippen molar-refractivity contribution in [3.63, 3.8) is 0 Å². The van der Waals surface area contributed by atoms with Gasteiger partial charge in [-0.1, -0.05) is 18.2 Å². The number of hydrogen-bond acceptors (Lipinski definition) is 3. The third kappa shape index (κ3) is 1.93. The lowest BCUT2D eigenvalue weighted by Crippen LogP contribution is -2.07. The Morgan fingerprint density at radius 3 is 3.00 bits per heavy atom. The molecule has 0 aliphatic heterocycles. The molecule has 0 spiro atoms. The van der Waals surface area contributed by atoms with Gasteiger partial charge in [0.25, 0.3) is 0 Å². The Morgan fingerprint density at radius 1 is 1.38 bits per heavy atom. The van der Waals surface area contributed by atoms with Gasteiger partial charge in [0.05, 0.1) is 17.5 Å². The number of hydrogen-bond donors (Lipinski definition) is 0. The van der Waals surface area contributed by atoms with Crippen molar-refractivity contribution in [2.45, 2.75) is 0 Å². The summed E-state index contributed by atoms with van der Waals surface area (Å²) in [6, 6.07) is 7.15. The van der Waals surface area contributed by atoms with Crippen molar-refractivity contribution in [1.82, 2.24) is 0 Å². The SMILES string of the molecule is C=CCN=Cc1coc2ccccc2c1=O. The molecule has 0 radical (unpaired) electrons.